The summed E-state index contributed by atoms with van der Waals surface area (Å²) in [5.41, 5.74) is 2.03. The summed E-state index contributed by atoms with van der Waals surface area (Å²) in [6.45, 7) is 3.15. The van der Waals surface area contributed by atoms with Crippen LogP contribution in [0, 0.1) is 0 Å². The minimum Gasteiger partial charge on any atom is -0.337 e. The van der Waals surface area contributed by atoms with Crippen LogP contribution in [0.2, 0.25) is 0 Å². The third-order valence-electron chi connectivity index (χ3n) is 3.06. The third kappa shape index (κ3) is 3.93. The zero-order chi connectivity index (χ0) is 14.5. The van der Waals surface area contributed by atoms with Crippen LogP contribution in [0.4, 0.5) is 5.69 Å². The predicted octanol–water partition coefficient (Wildman–Crippen LogP) is 2.01. The Morgan fingerprint density at radius 2 is 2.00 bits per heavy atom. The second kappa shape index (κ2) is 6.34. The number of carbonyl (C=O) groups is 1. The van der Waals surface area contributed by atoms with Crippen molar-refractivity contribution in [1.82, 2.24) is 14.5 Å². The van der Waals surface area contributed by atoms with Crippen LogP contribution < -0.4 is 5.32 Å². The van der Waals surface area contributed by atoms with Gasteiger partial charge in [-0.1, -0.05) is 12.1 Å². The molecule has 0 aliphatic rings. The van der Waals surface area contributed by atoms with Crippen molar-refractivity contribution in [1.29, 1.82) is 0 Å². The van der Waals surface area contributed by atoms with Crippen molar-refractivity contribution in [3.63, 3.8) is 0 Å². The number of anilines is 1. The van der Waals surface area contributed by atoms with Gasteiger partial charge in [-0.05, 0) is 24.7 Å². The van der Waals surface area contributed by atoms with E-state index in [4.69, 9.17) is 0 Å². The quantitative estimate of drug-likeness (QED) is 0.906. The highest BCUT2D eigenvalue weighted by Crippen LogP contribution is 2.12. The van der Waals surface area contributed by atoms with E-state index in [1.807, 2.05) is 48.3 Å². The largest absolute Gasteiger partial charge is 0.337 e. The normalized spacial score (nSPS) is 10.8. The Kier molecular flexibility index (Phi) is 4.53. The number of hydrogen-bond acceptors (Lipinski definition) is 3. The molecule has 2 rings (SSSR count). The maximum atomic E-state index is 11.0. The fourth-order valence-corrected chi connectivity index (χ4v) is 2.05. The van der Waals surface area contributed by atoms with E-state index in [-0.39, 0.29) is 5.91 Å². The average Bonchev–Trinajstić information content (AvgIpc) is 2.77. The fourth-order valence-electron chi connectivity index (χ4n) is 2.05. The molecule has 20 heavy (non-hydrogen) atoms. The molecule has 1 amide bonds. The van der Waals surface area contributed by atoms with Gasteiger partial charge in [0.25, 0.3) is 0 Å². The minimum atomic E-state index is -0.0512. The molecule has 0 fully saturated rings. The zero-order valence-corrected chi connectivity index (χ0v) is 12.1. The van der Waals surface area contributed by atoms with E-state index < -0.39 is 0 Å². The molecule has 0 atom stereocenters. The van der Waals surface area contributed by atoms with E-state index >= 15 is 0 Å². The van der Waals surface area contributed by atoms with Gasteiger partial charge in [-0.15, -0.1) is 0 Å². The summed E-state index contributed by atoms with van der Waals surface area (Å²) in [4.78, 5) is 17.5. The van der Waals surface area contributed by atoms with Crippen LogP contribution in [-0.2, 0) is 24.9 Å². The van der Waals surface area contributed by atoms with Crippen LogP contribution in [0.3, 0.4) is 0 Å². The van der Waals surface area contributed by atoms with Gasteiger partial charge >= 0.3 is 0 Å². The fraction of sp³-hybridized carbons (Fsp3) is 0.333. The molecular weight excluding hydrogens is 252 g/mol. The van der Waals surface area contributed by atoms with Crippen LogP contribution in [0.15, 0.2) is 36.7 Å². The average molecular weight is 272 g/mol. The van der Waals surface area contributed by atoms with Crippen molar-refractivity contribution in [2.45, 2.75) is 20.0 Å². The number of amides is 1. The molecule has 1 aromatic carbocycles. The molecular formula is C15H20N4O. The topological polar surface area (TPSA) is 50.2 Å². The summed E-state index contributed by atoms with van der Waals surface area (Å²) < 4.78 is 2.02. The van der Waals surface area contributed by atoms with Crippen LogP contribution in [-0.4, -0.2) is 27.4 Å². The standard InChI is InChI=1S/C15H20N4O/c1-12(20)17-14-6-4-13(5-7-14)10-18(2)11-15-16-8-9-19(15)3/h4-9H,10-11H2,1-3H3,(H,17,20). The van der Waals surface area contributed by atoms with E-state index in [9.17, 15) is 4.79 Å². The molecule has 1 aromatic heterocycles. The monoisotopic (exact) mass is 272 g/mol. The van der Waals surface area contributed by atoms with Gasteiger partial charge in [0.1, 0.15) is 5.82 Å². The summed E-state index contributed by atoms with van der Waals surface area (Å²) in [5, 5.41) is 2.76. The number of nitrogens with one attached hydrogen (secondary N) is 1. The molecule has 5 heteroatoms. The number of imidazole rings is 1. The van der Waals surface area contributed by atoms with E-state index in [2.05, 4.69) is 22.2 Å². The highest BCUT2D eigenvalue weighted by molar-refractivity contribution is 5.88. The third-order valence-corrected chi connectivity index (χ3v) is 3.06. The van der Waals surface area contributed by atoms with Gasteiger partial charge in [-0.2, -0.15) is 0 Å². The first-order chi connectivity index (χ1) is 9.54. The Hall–Kier alpha value is -2.14. The zero-order valence-electron chi connectivity index (χ0n) is 12.1. The Morgan fingerprint density at radius 3 is 2.55 bits per heavy atom. The number of rotatable bonds is 5. The van der Waals surface area contributed by atoms with Gasteiger partial charge < -0.3 is 9.88 Å². The van der Waals surface area contributed by atoms with Gasteiger partial charge in [0, 0.05) is 38.6 Å². The second-order valence-electron chi connectivity index (χ2n) is 5.00. The highest BCUT2D eigenvalue weighted by Gasteiger charge is 2.05. The molecule has 0 spiro atoms. The predicted molar refractivity (Wildman–Crippen MR) is 79.1 cm³/mol. The maximum absolute atomic E-state index is 11.0. The van der Waals surface area contributed by atoms with Crippen molar-refractivity contribution in [3.8, 4) is 0 Å². The van der Waals surface area contributed by atoms with Gasteiger partial charge in [-0.3, -0.25) is 9.69 Å². The van der Waals surface area contributed by atoms with Crippen molar-refractivity contribution >= 4 is 11.6 Å². The van der Waals surface area contributed by atoms with E-state index in [0.717, 1.165) is 24.6 Å². The molecule has 2 aromatic rings. The first-order valence-electron chi connectivity index (χ1n) is 6.56. The molecule has 0 bridgehead atoms. The van der Waals surface area contributed by atoms with Crippen LogP contribution >= 0.6 is 0 Å². The highest BCUT2D eigenvalue weighted by atomic mass is 16.1. The second-order valence-corrected chi connectivity index (χ2v) is 5.00. The summed E-state index contributed by atoms with van der Waals surface area (Å²) in [7, 11) is 4.06. The van der Waals surface area contributed by atoms with Gasteiger partial charge in [0.05, 0.1) is 6.54 Å². The molecule has 5 nitrogen and oxygen atoms in total. The number of aromatic nitrogens is 2. The number of benzene rings is 1. The lowest BCUT2D eigenvalue weighted by Gasteiger charge is -2.16. The Labute approximate surface area is 119 Å². The molecule has 1 heterocycles. The van der Waals surface area contributed by atoms with Gasteiger partial charge in [0.2, 0.25) is 5.91 Å². The number of hydrogen-bond donors (Lipinski definition) is 1. The van der Waals surface area contributed by atoms with Crippen molar-refractivity contribution in [2.24, 2.45) is 7.05 Å². The SMILES string of the molecule is CC(=O)Nc1ccc(CN(C)Cc2nccn2C)cc1. The van der Waals surface area contributed by atoms with E-state index in [1.54, 1.807) is 0 Å². The summed E-state index contributed by atoms with van der Waals surface area (Å²) in [6, 6.07) is 7.90. The van der Waals surface area contributed by atoms with Crippen molar-refractivity contribution < 1.29 is 4.79 Å². The molecule has 0 saturated heterocycles. The molecule has 0 aliphatic carbocycles. The summed E-state index contributed by atoms with van der Waals surface area (Å²) in [5.74, 6) is 0.993. The lowest BCUT2D eigenvalue weighted by Crippen LogP contribution is -2.19. The first kappa shape index (κ1) is 14.3. The van der Waals surface area contributed by atoms with Gasteiger partial charge in [0.15, 0.2) is 0 Å². The van der Waals surface area contributed by atoms with Crippen molar-refractivity contribution in [3.05, 3.63) is 48.0 Å². The van der Waals surface area contributed by atoms with E-state index in [1.165, 1.54) is 12.5 Å². The van der Waals surface area contributed by atoms with Gasteiger partial charge in [-0.25, -0.2) is 4.98 Å². The number of nitrogens with zero attached hydrogens (tertiary/aromatic N) is 3. The number of aryl methyl sites for hydroxylation is 1. The molecule has 0 aliphatic heterocycles. The van der Waals surface area contributed by atoms with Crippen LogP contribution in [0.1, 0.15) is 18.3 Å². The van der Waals surface area contributed by atoms with Crippen molar-refractivity contribution in [2.75, 3.05) is 12.4 Å². The number of carbonyl (C=O) groups excluding carboxylic acids is 1. The minimum absolute atomic E-state index is 0.0512. The molecule has 0 saturated carbocycles. The summed E-state index contributed by atoms with van der Waals surface area (Å²) >= 11 is 0. The summed E-state index contributed by atoms with van der Waals surface area (Å²) in [6.07, 6.45) is 3.76. The Morgan fingerprint density at radius 1 is 1.30 bits per heavy atom. The molecule has 106 valence electrons. The Balaban J connectivity index is 1.92. The smallest absolute Gasteiger partial charge is 0.221 e. The molecule has 0 radical (unpaired) electrons. The van der Waals surface area contributed by atoms with E-state index in [0.29, 0.717) is 0 Å². The lowest BCUT2D eigenvalue weighted by molar-refractivity contribution is -0.114. The first-order valence-corrected chi connectivity index (χ1v) is 6.56. The maximum Gasteiger partial charge on any atom is 0.221 e. The Bertz CT molecular complexity index is 574. The lowest BCUT2D eigenvalue weighted by atomic mass is 10.2. The molecule has 0 unspecified atom stereocenters. The van der Waals surface area contributed by atoms with Crippen LogP contribution in [0.5, 0.6) is 0 Å². The molecule has 1 N–H and O–H groups in total. The van der Waals surface area contributed by atoms with Crippen LogP contribution in [0.25, 0.3) is 0 Å².